The van der Waals surface area contributed by atoms with Gasteiger partial charge in [-0.1, -0.05) is 21.3 Å². The van der Waals surface area contributed by atoms with E-state index in [-0.39, 0.29) is 13.3 Å². The zero-order chi connectivity index (χ0) is 5.86. The molecule has 0 rings (SSSR count). The molecule has 0 amide bonds. The molecule has 0 aliphatic rings. The largest absolute Gasteiger partial charge is 0.550 e. The minimum absolute atomic E-state index is 0. The Morgan fingerprint density at radius 1 is 1.75 bits per heavy atom. The molecule has 0 bridgehead atoms. The summed E-state index contributed by atoms with van der Waals surface area (Å²) >= 11 is 0. The van der Waals surface area contributed by atoms with Crippen LogP contribution in [0.15, 0.2) is 0 Å². The monoisotopic (exact) mass is 117 g/mol. The van der Waals surface area contributed by atoms with Crippen LogP contribution in [0.3, 0.4) is 0 Å². The second kappa shape index (κ2) is 4.62. The second-order valence-electron chi connectivity index (χ2n) is 1.63. The van der Waals surface area contributed by atoms with Gasteiger partial charge < -0.3 is 9.90 Å². The zero-order valence-electron chi connectivity index (χ0n) is 4.60. The summed E-state index contributed by atoms with van der Waals surface area (Å²) in [5.74, 6) is -1.25. The topological polar surface area (TPSA) is 40.1 Å². The van der Waals surface area contributed by atoms with Crippen molar-refractivity contribution in [3.05, 3.63) is 0 Å². The first-order valence-electron chi connectivity index (χ1n) is 2.39. The van der Waals surface area contributed by atoms with Crippen molar-refractivity contribution in [1.29, 1.82) is 0 Å². The Hall–Kier alpha value is -0.530. The van der Waals surface area contributed by atoms with Crippen molar-refractivity contribution >= 4 is 5.97 Å². The highest BCUT2D eigenvalue weighted by Gasteiger charge is 1.94. The molecule has 1 atom stereocenters. The van der Waals surface area contributed by atoms with Crippen molar-refractivity contribution in [2.24, 2.45) is 5.92 Å². The third-order valence-corrected chi connectivity index (χ3v) is 1.01. The van der Waals surface area contributed by atoms with Gasteiger partial charge in [-0.2, -0.15) is 0 Å². The highest BCUT2D eigenvalue weighted by molar-refractivity contribution is 5.66. The lowest BCUT2D eigenvalue weighted by molar-refractivity contribution is -0.311. The number of carboxylic acid groups (broad SMARTS) is 1. The maximum atomic E-state index is 9.82. The van der Waals surface area contributed by atoms with Crippen molar-refractivity contribution < 1.29 is 9.90 Å². The quantitative estimate of drug-likeness (QED) is 0.526. The van der Waals surface area contributed by atoms with Gasteiger partial charge in [-0.05, 0) is 12.3 Å². The van der Waals surface area contributed by atoms with Gasteiger partial charge in [-0.3, -0.25) is 0 Å². The molecule has 0 spiro atoms. The van der Waals surface area contributed by atoms with E-state index >= 15 is 0 Å². The molecule has 0 N–H and O–H groups in total. The first-order valence-corrected chi connectivity index (χ1v) is 2.39. The van der Waals surface area contributed by atoms with Crippen LogP contribution in [0, 0.1) is 5.92 Å². The number of hydrogen-bond donors (Lipinski definition) is 0. The van der Waals surface area contributed by atoms with Gasteiger partial charge in [-0.15, -0.1) is 0 Å². The molecule has 2 nitrogen and oxygen atoms in total. The lowest BCUT2D eigenvalue weighted by Gasteiger charge is -2.06. The molecular weight excluding hydrogens is 104 g/mol. The van der Waals surface area contributed by atoms with E-state index in [9.17, 15) is 9.90 Å². The average Bonchev–Trinajstić information content (AvgIpc) is 1.65. The SMILES string of the molecule is C.CCC(C)C(=O)[O-]. The van der Waals surface area contributed by atoms with E-state index in [1.54, 1.807) is 6.92 Å². The van der Waals surface area contributed by atoms with Gasteiger partial charge in [0.05, 0.1) is 0 Å². The molecule has 0 saturated carbocycles. The Labute approximate surface area is 50.5 Å². The molecule has 0 aliphatic carbocycles. The van der Waals surface area contributed by atoms with Crippen LogP contribution in [0.5, 0.6) is 0 Å². The third-order valence-electron chi connectivity index (χ3n) is 1.01. The molecule has 0 aromatic rings. The summed E-state index contributed by atoms with van der Waals surface area (Å²) in [5, 5.41) is 9.82. The van der Waals surface area contributed by atoms with Gasteiger partial charge >= 0.3 is 0 Å². The van der Waals surface area contributed by atoms with Crippen molar-refractivity contribution in [3.63, 3.8) is 0 Å². The number of carbonyl (C=O) groups is 1. The predicted octanol–water partition coefficient (Wildman–Crippen LogP) is 0.418. The fourth-order valence-corrected chi connectivity index (χ4v) is 0.167. The van der Waals surface area contributed by atoms with Crippen LogP contribution in [0.25, 0.3) is 0 Å². The minimum Gasteiger partial charge on any atom is -0.550 e. The summed E-state index contributed by atoms with van der Waals surface area (Å²) in [6, 6.07) is 0. The predicted molar refractivity (Wildman–Crippen MR) is 31.2 cm³/mol. The van der Waals surface area contributed by atoms with Crippen LogP contribution < -0.4 is 5.11 Å². The number of carbonyl (C=O) groups excluding carboxylic acids is 1. The Balaban J connectivity index is 0. The van der Waals surface area contributed by atoms with Crippen LogP contribution >= 0.6 is 0 Å². The Kier molecular flexibility index (Phi) is 6.04. The maximum absolute atomic E-state index is 9.82. The van der Waals surface area contributed by atoms with Crippen molar-refractivity contribution in [3.8, 4) is 0 Å². The van der Waals surface area contributed by atoms with Crippen molar-refractivity contribution in [2.45, 2.75) is 27.7 Å². The molecule has 0 saturated heterocycles. The molecule has 0 fully saturated rings. The standard InChI is InChI=1S/C5H10O2.CH4/c1-3-4(2)5(6)7;/h4H,3H2,1-2H3,(H,6,7);1H4/p-1. The summed E-state index contributed by atoms with van der Waals surface area (Å²) in [4.78, 5) is 9.82. The van der Waals surface area contributed by atoms with Gasteiger partial charge in [0, 0.05) is 5.97 Å². The summed E-state index contributed by atoms with van der Waals surface area (Å²) in [6.07, 6.45) is 0.655. The second-order valence-corrected chi connectivity index (χ2v) is 1.63. The van der Waals surface area contributed by atoms with E-state index in [4.69, 9.17) is 0 Å². The lowest BCUT2D eigenvalue weighted by Crippen LogP contribution is -2.28. The van der Waals surface area contributed by atoms with E-state index in [2.05, 4.69) is 0 Å². The fourth-order valence-electron chi connectivity index (χ4n) is 0.167. The number of carboxylic acids is 1. The fraction of sp³-hybridized carbons (Fsp3) is 0.833. The molecule has 0 aromatic heterocycles. The van der Waals surface area contributed by atoms with Crippen LogP contribution in [-0.4, -0.2) is 5.97 Å². The molecule has 0 aromatic carbocycles. The third kappa shape index (κ3) is 3.65. The van der Waals surface area contributed by atoms with Crippen molar-refractivity contribution in [2.75, 3.05) is 0 Å². The minimum atomic E-state index is -0.956. The Morgan fingerprint density at radius 2 is 2.12 bits per heavy atom. The summed E-state index contributed by atoms with van der Waals surface area (Å²) in [5.41, 5.74) is 0. The van der Waals surface area contributed by atoms with Crippen LogP contribution in [-0.2, 0) is 4.79 Å². The number of hydrogen-bond acceptors (Lipinski definition) is 2. The molecule has 0 heterocycles. The summed E-state index contributed by atoms with van der Waals surface area (Å²) in [7, 11) is 0. The first-order chi connectivity index (χ1) is 3.18. The highest BCUT2D eigenvalue weighted by atomic mass is 16.4. The zero-order valence-corrected chi connectivity index (χ0v) is 4.60. The smallest absolute Gasteiger partial charge is 0.0442 e. The summed E-state index contributed by atoms with van der Waals surface area (Å²) in [6.45, 7) is 3.45. The van der Waals surface area contributed by atoms with E-state index in [1.165, 1.54) is 0 Å². The normalized spacial score (nSPS) is 11.8. The van der Waals surface area contributed by atoms with E-state index in [1.807, 2.05) is 6.92 Å². The lowest BCUT2D eigenvalue weighted by atomic mass is 10.1. The van der Waals surface area contributed by atoms with Gasteiger partial charge in [0.15, 0.2) is 0 Å². The molecule has 0 aliphatic heterocycles. The Bertz CT molecular complexity index is 68.9. The van der Waals surface area contributed by atoms with Crippen LogP contribution in [0.4, 0.5) is 0 Å². The van der Waals surface area contributed by atoms with Crippen molar-refractivity contribution in [1.82, 2.24) is 0 Å². The van der Waals surface area contributed by atoms with Crippen LogP contribution in [0.1, 0.15) is 27.7 Å². The van der Waals surface area contributed by atoms with Gasteiger partial charge in [0.1, 0.15) is 0 Å². The van der Waals surface area contributed by atoms with Gasteiger partial charge in [0.25, 0.3) is 0 Å². The molecule has 50 valence electrons. The Morgan fingerprint density at radius 3 is 2.12 bits per heavy atom. The highest BCUT2D eigenvalue weighted by Crippen LogP contribution is 1.95. The maximum Gasteiger partial charge on any atom is 0.0442 e. The van der Waals surface area contributed by atoms with Gasteiger partial charge in [0.2, 0.25) is 0 Å². The van der Waals surface area contributed by atoms with E-state index in [0.29, 0.717) is 6.42 Å². The molecular formula is C6H13O2-. The first kappa shape index (κ1) is 10.5. The summed E-state index contributed by atoms with van der Waals surface area (Å²) < 4.78 is 0. The number of rotatable bonds is 2. The molecule has 2 heteroatoms. The van der Waals surface area contributed by atoms with E-state index < -0.39 is 5.97 Å². The number of aliphatic carboxylic acids is 1. The molecule has 8 heavy (non-hydrogen) atoms. The van der Waals surface area contributed by atoms with Crippen LogP contribution in [0.2, 0.25) is 0 Å². The molecule has 0 radical (unpaired) electrons. The van der Waals surface area contributed by atoms with Gasteiger partial charge in [-0.25, -0.2) is 0 Å². The average molecular weight is 117 g/mol. The molecule has 1 unspecified atom stereocenters. The van der Waals surface area contributed by atoms with E-state index in [0.717, 1.165) is 0 Å².